The summed E-state index contributed by atoms with van der Waals surface area (Å²) in [5.41, 5.74) is 2.22. The highest BCUT2D eigenvalue weighted by Gasteiger charge is 2.22. The average Bonchev–Trinajstić information content (AvgIpc) is 2.16. The zero-order valence-corrected chi connectivity index (χ0v) is 8.84. The molecule has 1 aliphatic heterocycles. The molecule has 0 saturated carbocycles. The molecule has 0 aromatic heterocycles. The third-order valence-corrected chi connectivity index (χ3v) is 3.72. The maximum absolute atomic E-state index is 11.3. The lowest BCUT2D eigenvalue weighted by Crippen LogP contribution is -2.35. The molecule has 0 unspecified atom stereocenters. The van der Waals surface area contributed by atoms with E-state index >= 15 is 0 Å². The lowest BCUT2D eigenvalue weighted by molar-refractivity contribution is 0.395. The van der Waals surface area contributed by atoms with E-state index in [2.05, 4.69) is 6.07 Å². The average molecular weight is 210 g/mol. The Kier molecular flexibility index (Phi) is 2.33. The SMILES string of the molecule is CS(=O)(=O)N1CCc2[c]cccc2C1. The molecule has 1 aromatic rings. The van der Waals surface area contributed by atoms with Crippen LogP contribution in [-0.4, -0.2) is 25.5 Å². The molecule has 1 radical (unpaired) electrons. The molecule has 14 heavy (non-hydrogen) atoms. The molecule has 1 aliphatic rings. The summed E-state index contributed by atoms with van der Waals surface area (Å²) >= 11 is 0. The van der Waals surface area contributed by atoms with E-state index in [1.807, 2.05) is 18.2 Å². The molecule has 0 atom stereocenters. The zero-order valence-electron chi connectivity index (χ0n) is 8.03. The molecule has 4 heteroatoms. The van der Waals surface area contributed by atoms with Crippen molar-refractivity contribution in [3.63, 3.8) is 0 Å². The number of fused-ring (bicyclic) bond motifs is 1. The Bertz CT molecular complexity index is 439. The minimum absolute atomic E-state index is 0.492. The molecule has 0 saturated heterocycles. The summed E-state index contributed by atoms with van der Waals surface area (Å²) < 4.78 is 24.1. The maximum Gasteiger partial charge on any atom is 0.211 e. The van der Waals surface area contributed by atoms with Gasteiger partial charge in [-0.2, -0.15) is 4.31 Å². The number of rotatable bonds is 1. The molecule has 75 valence electrons. The zero-order chi connectivity index (χ0) is 10.2. The molecular weight excluding hydrogens is 198 g/mol. The monoisotopic (exact) mass is 210 g/mol. The van der Waals surface area contributed by atoms with Gasteiger partial charge < -0.3 is 0 Å². The van der Waals surface area contributed by atoms with Crippen molar-refractivity contribution in [3.8, 4) is 0 Å². The molecular formula is C10H12NO2S. The van der Waals surface area contributed by atoms with Gasteiger partial charge in [0.25, 0.3) is 0 Å². The molecule has 0 amide bonds. The Balaban J connectivity index is 2.30. The first-order valence-electron chi connectivity index (χ1n) is 4.51. The van der Waals surface area contributed by atoms with E-state index in [0.717, 1.165) is 17.5 Å². The third kappa shape index (κ3) is 1.81. The van der Waals surface area contributed by atoms with Crippen molar-refractivity contribution < 1.29 is 8.42 Å². The van der Waals surface area contributed by atoms with E-state index in [0.29, 0.717) is 13.1 Å². The normalized spacial score (nSPS) is 17.8. The second-order valence-electron chi connectivity index (χ2n) is 3.52. The van der Waals surface area contributed by atoms with Crippen LogP contribution in [0.2, 0.25) is 0 Å². The van der Waals surface area contributed by atoms with Crippen LogP contribution < -0.4 is 0 Å². The predicted octanol–water partition coefficient (Wildman–Crippen LogP) is 0.804. The minimum Gasteiger partial charge on any atom is -0.212 e. The standard InChI is InChI=1S/C10H12NO2S/c1-14(12,13)11-7-6-9-4-2-3-5-10(9)8-11/h2-3,5H,6-8H2,1H3. The summed E-state index contributed by atoms with van der Waals surface area (Å²) in [5.74, 6) is 0. The van der Waals surface area contributed by atoms with Crippen molar-refractivity contribution in [1.82, 2.24) is 4.31 Å². The van der Waals surface area contributed by atoms with Crippen molar-refractivity contribution >= 4 is 10.0 Å². The van der Waals surface area contributed by atoms with Crippen LogP contribution in [0, 0.1) is 6.07 Å². The van der Waals surface area contributed by atoms with E-state index < -0.39 is 10.0 Å². The maximum atomic E-state index is 11.3. The molecule has 3 nitrogen and oxygen atoms in total. The molecule has 1 aromatic carbocycles. The molecule has 0 fully saturated rings. The fourth-order valence-electron chi connectivity index (χ4n) is 1.68. The Morgan fingerprint density at radius 3 is 3.00 bits per heavy atom. The van der Waals surface area contributed by atoms with Gasteiger partial charge in [0.15, 0.2) is 0 Å². The lowest BCUT2D eigenvalue weighted by atomic mass is 10.0. The quantitative estimate of drug-likeness (QED) is 0.687. The molecule has 0 bridgehead atoms. The van der Waals surface area contributed by atoms with E-state index in [1.54, 1.807) is 0 Å². The van der Waals surface area contributed by atoms with Crippen molar-refractivity contribution in [2.24, 2.45) is 0 Å². The lowest BCUT2D eigenvalue weighted by Gasteiger charge is -2.26. The highest BCUT2D eigenvalue weighted by atomic mass is 32.2. The number of sulfonamides is 1. The summed E-state index contributed by atoms with van der Waals surface area (Å²) in [5, 5.41) is 0. The van der Waals surface area contributed by atoms with Gasteiger partial charge in [-0.15, -0.1) is 0 Å². The molecule has 0 N–H and O–H groups in total. The smallest absolute Gasteiger partial charge is 0.211 e. The van der Waals surface area contributed by atoms with Crippen LogP contribution >= 0.6 is 0 Å². The van der Waals surface area contributed by atoms with E-state index in [9.17, 15) is 8.42 Å². The molecule has 1 heterocycles. The van der Waals surface area contributed by atoms with Gasteiger partial charge in [-0.3, -0.25) is 0 Å². The van der Waals surface area contributed by atoms with Crippen LogP contribution in [0.3, 0.4) is 0 Å². The second kappa shape index (κ2) is 3.37. The van der Waals surface area contributed by atoms with Gasteiger partial charge in [-0.25, -0.2) is 8.42 Å². The first-order chi connectivity index (χ1) is 6.57. The summed E-state index contributed by atoms with van der Waals surface area (Å²) in [6.45, 7) is 1.07. The number of benzene rings is 1. The summed E-state index contributed by atoms with van der Waals surface area (Å²) in [6, 6.07) is 8.86. The summed E-state index contributed by atoms with van der Waals surface area (Å²) in [4.78, 5) is 0. The van der Waals surface area contributed by atoms with Gasteiger partial charge in [-0.1, -0.05) is 18.2 Å². The van der Waals surface area contributed by atoms with Gasteiger partial charge >= 0.3 is 0 Å². The highest BCUT2D eigenvalue weighted by molar-refractivity contribution is 7.88. The van der Waals surface area contributed by atoms with Crippen LogP contribution in [0.4, 0.5) is 0 Å². The van der Waals surface area contributed by atoms with Crippen LogP contribution in [0.25, 0.3) is 0 Å². The van der Waals surface area contributed by atoms with Gasteiger partial charge in [-0.05, 0) is 23.6 Å². The first-order valence-corrected chi connectivity index (χ1v) is 6.36. The highest BCUT2D eigenvalue weighted by Crippen LogP contribution is 2.19. The van der Waals surface area contributed by atoms with Gasteiger partial charge in [0.05, 0.1) is 6.26 Å². The Hall–Kier alpha value is -0.870. The van der Waals surface area contributed by atoms with Crippen LogP contribution in [-0.2, 0) is 23.0 Å². The van der Waals surface area contributed by atoms with Gasteiger partial charge in [0.2, 0.25) is 10.0 Å². The molecule has 0 aliphatic carbocycles. The number of nitrogens with zero attached hydrogens (tertiary/aromatic N) is 1. The van der Waals surface area contributed by atoms with Crippen molar-refractivity contribution in [2.75, 3.05) is 12.8 Å². The topological polar surface area (TPSA) is 37.4 Å². The predicted molar refractivity (Wildman–Crippen MR) is 54.2 cm³/mol. The summed E-state index contributed by atoms with van der Waals surface area (Å²) in [7, 11) is -3.05. The van der Waals surface area contributed by atoms with E-state index in [1.165, 1.54) is 10.6 Å². The van der Waals surface area contributed by atoms with Crippen molar-refractivity contribution in [1.29, 1.82) is 0 Å². The van der Waals surface area contributed by atoms with Crippen LogP contribution in [0.1, 0.15) is 11.1 Å². The Morgan fingerprint density at radius 2 is 2.29 bits per heavy atom. The van der Waals surface area contributed by atoms with E-state index in [-0.39, 0.29) is 0 Å². The summed E-state index contributed by atoms with van der Waals surface area (Å²) in [6.07, 6.45) is 2.02. The molecule has 0 spiro atoms. The second-order valence-corrected chi connectivity index (χ2v) is 5.50. The number of hydrogen-bond acceptors (Lipinski definition) is 2. The van der Waals surface area contributed by atoms with Gasteiger partial charge in [0.1, 0.15) is 0 Å². The van der Waals surface area contributed by atoms with Crippen LogP contribution in [0.5, 0.6) is 0 Å². The van der Waals surface area contributed by atoms with E-state index in [4.69, 9.17) is 0 Å². The minimum atomic E-state index is -3.05. The fourth-order valence-corrected chi connectivity index (χ4v) is 2.47. The Labute approximate surface area is 84.4 Å². The first kappa shape index (κ1) is 9.68. The molecule has 2 rings (SSSR count). The van der Waals surface area contributed by atoms with Crippen LogP contribution in [0.15, 0.2) is 18.2 Å². The largest absolute Gasteiger partial charge is 0.212 e. The number of hydrogen-bond donors (Lipinski definition) is 0. The third-order valence-electron chi connectivity index (χ3n) is 2.47. The fraction of sp³-hybridized carbons (Fsp3) is 0.400. The van der Waals surface area contributed by atoms with Crippen molar-refractivity contribution in [2.45, 2.75) is 13.0 Å². The van der Waals surface area contributed by atoms with Gasteiger partial charge in [0, 0.05) is 13.1 Å². The Morgan fingerprint density at radius 1 is 1.50 bits per heavy atom. The van der Waals surface area contributed by atoms with Crippen molar-refractivity contribution in [3.05, 3.63) is 35.4 Å².